The Morgan fingerprint density at radius 2 is 1.66 bits per heavy atom. The number of nitrogens with zero attached hydrogens (tertiary/aromatic N) is 1. The minimum atomic E-state index is -1.42. The van der Waals surface area contributed by atoms with Crippen LogP contribution >= 0.6 is 0 Å². The zero-order valence-electron chi connectivity index (χ0n) is 18.7. The molecular formula is C23H22N4O8. The smallest absolute Gasteiger partial charge is 0.325 e. The highest BCUT2D eigenvalue weighted by Crippen LogP contribution is 2.37. The molecule has 182 valence electrons. The number of hydrogen-bond acceptors (Lipinski definition) is 8. The van der Waals surface area contributed by atoms with Gasteiger partial charge in [0.15, 0.2) is 23.0 Å². The van der Waals surface area contributed by atoms with Crippen LogP contribution in [0.3, 0.4) is 0 Å². The Morgan fingerprint density at radius 3 is 2.49 bits per heavy atom. The van der Waals surface area contributed by atoms with E-state index in [2.05, 4.69) is 16.0 Å². The molecule has 2 aromatic carbocycles. The van der Waals surface area contributed by atoms with Crippen LogP contribution in [0.2, 0.25) is 0 Å². The van der Waals surface area contributed by atoms with Gasteiger partial charge in [-0.3, -0.25) is 19.8 Å². The Labute approximate surface area is 199 Å². The zero-order valence-corrected chi connectivity index (χ0v) is 18.7. The van der Waals surface area contributed by atoms with Gasteiger partial charge in [0.1, 0.15) is 12.1 Å². The number of fused-ring (bicyclic) bond motifs is 2. The Morgan fingerprint density at radius 1 is 0.971 bits per heavy atom. The molecular weight excluding hydrogens is 460 g/mol. The van der Waals surface area contributed by atoms with Crippen LogP contribution in [0, 0.1) is 0 Å². The highest BCUT2D eigenvalue weighted by molar-refractivity contribution is 6.10. The molecule has 5 rings (SSSR count). The van der Waals surface area contributed by atoms with Crippen molar-refractivity contribution in [1.82, 2.24) is 15.5 Å². The van der Waals surface area contributed by atoms with E-state index in [1.54, 1.807) is 36.4 Å². The average molecular weight is 482 g/mol. The molecule has 3 aliphatic rings. The van der Waals surface area contributed by atoms with Gasteiger partial charge in [-0.05, 0) is 36.8 Å². The number of anilines is 1. The second kappa shape index (κ2) is 8.70. The molecule has 1 atom stereocenters. The molecule has 1 fully saturated rings. The van der Waals surface area contributed by atoms with E-state index in [-0.39, 0.29) is 6.79 Å². The standard InChI is InChI=1S/C23H22N4O8/c1-23(13-3-5-15-17(9-13)33-8-2-7-32-15)20(29)27(22(31)26-23)11-19(28)25-21(30)24-14-4-6-16-18(10-14)35-12-34-16/h3-6,9-10H,2,7-8,11-12H2,1H3,(H,26,31)(H2,24,25,28,30). The molecule has 1 saturated heterocycles. The summed E-state index contributed by atoms with van der Waals surface area (Å²) in [6.45, 7) is 1.97. The number of nitrogens with one attached hydrogen (secondary N) is 3. The summed E-state index contributed by atoms with van der Waals surface area (Å²) in [4.78, 5) is 51.1. The summed E-state index contributed by atoms with van der Waals surface area (Å²) < 4.78 is 21.7. The van der Waals surface area contributed by atoms with Crippen LogP contribution in [0.15, 0.2) is 36.4 Å². The van der Waals surface area contributed by atoms with Crippen molar-refractivity contribution >= 4 is 29.6 Å². The van der Waals surface area contributed by atoms with Gasteiger partial charge >= 0.3 is 12.1 Å². The number of ether oxygens (including phenoxy) is 4. The second-order valence-electron chi connectivity index (χ2n) is 8.23. The van der Waals surface area contributed by atoms with Gasteiger partial charge < -0.3 is 29.6 Å². The molecule has 3 N–H and O–H groups in total. The molecule has 12 heteroatoms. The van der Waals surface area contributed by atoms with Gasteiger partial charge in [0, 0.05) is 18.2 Å². The summed E-state index contributed by atoms with van der Waals surface area (Å²) in [5.74, 6) is 0.554. The maximum atomic E-state index is 13.2. The number of rotatable bonds is 4. The Kier molecular flexibility index (Phi) is 5.55. The van der Waals surface area contributed by atoms with Crippen LogP contribution in [0.25, 0.3) is 0 Å². The predicted molar refractivity (Wildman–Crippen MR) is 119 cm³/mol. The average Bonchev–Trinajstić information content (AvgIpc) is 3.27. The lowest BCUT2D eigenvalue weighted by Gasteiger charge is -2.23. The van der Waals surface area contributed by atoms with Crippen LogP contribution in [0.5, 0.6) is 23.0 Å². The number of amides is 6. The van der Waals surface area contributed by atoms with Crippen LogP contribution in [-0.2, 0) is 15.1 Å². The number of benzene rings is 2. The van der Waals surface area contributed by atoms with E-state index in [1.165, 1.54) is 6.92 Å². The van der Waals surface area contributed by atoms with E-state index >= 15 is 0 Å². The van der Waals surface area contributed by atoms with Crippen molar-refractivity contribution in [1.29, 1.82) is 0 Å². The van der Waals surface area contributed by atoms with Crippen LogP contribution in [0.1, 0.15) is 18.9 Å². The van der Waals surface area contributed by atoms with Crippen LogP contribution in [-0.4, -0.2) is 55.3 Å². The first kappa shape index (κ1) is 22.3. The van der Waals surface area contributed by atoms with E-state index < -0.39 is 36.0 Å². The van der Waals surface area contributed by atoms with Gasteiger partial charge in [0.25, 0.3) is 5.91 Å². The van der Waals surface area contributed by atoms with Gasteiger partial charge in [-0.15, -0.1) is 0 Å². The maximum absolute atomic E-state index is 13.2. The largest absolute Gasteiger partial charge is 0.490 e. The topological polar surface area (TPSA) is 145 Å². The zero-order chi connectivity index (χ0) is 24.6. The summed E-state index contributed by atoms with van der Waals surface area (Å²) in [7, 11) is 0. The number of urea groups is 2. The fourth-order valence-electron chi connectivity index (χ4n) is 3.96. The van der Waals surface area contributed by atoms with E-state index in [1.807, 2.05) is 0 Å². The molecule has 35 heavy (non-hydrogen) atoms. The first-order valence-electron chi connectivity index (χ1n) is 10.9. The van der Waals surface area contributed by atoms with Crippen LogP contribution < -0.4 is 34.9 Å². The van der Waals surface area contributed by atoms with Crippen molar-refractivity contribution < 1.29 is 38.1 Å². The number of hydrogen-bond donors (Lipinski definition) is 3. The maximum Gasteiger partial charge on any atom is 0.325 e. The van der Waals surface area contributed by atoms with Crippen molar-refractivity contribution in [3.63, 3.8) is 0 Å². The molecule has 12 nitrogen and oxygen atoms in total. The van der Waals surface area contributed by atoms with Gasteiger partial charge in [-0.1, -0.05) is 6.07 Å². The Hall–Kier alpha value is -4.48. The molecule has 3 heterocycles. The monoisotopic (exact) mass is 482 g/mol. The number of carbonyl (C=O) groups excluding carboxylic acids is 4. The molecule has 6 amide bonds. The Balaban J connectivity index is 1.23. The lowest BCUT2D eigenvalue weighted by atomic mass is 9.91. The lowest BCUT2D eigenvalue weighted by Crippen LogP contribution is -2.45. The van der Waals surface area contributed by atoms with Crippen molar-refractivity contribution in [3.05, 3.63) is 42.0 Å². The molecule has 2 aromatic rings. The Bertz CT molecular complexity index is 1230. The van der Waals surface area contributed by atoms with Crippen molar-refractivity contribution in [2.75, 3.05) is 31.9 Å². The third-order valence-corrected chi connectivity index (χ3v) is 5.78. The first-order valence-corrected chi connectivity index (χ1v) is 10.9. The molecule has 0 radical (unpaired) electrons. The molecule has 0 aromatic heterocycles. The number of carbonyl (C=O) groups is 4. The lowest BCUT2D eigenvalue weighted by molar-refractivity contribution is -0.134. The fraction of sp³-hybridized carbons (Fsp3) is 0.304. The van der Waals surface area contributed by atoms with E-state index in [4.69, 9.17) is 18.9 Å². The quantitative estimate of drug-likeness (QED) is 0.559. The normalized spacial score (nSPS) is 20.2. The summed E-state index contributed by atoms with van der Waals surface area (Å²) in [5.41, 5.74) is -0.573. The second-order valence-corrected chi connectivity index (χ2v) is 8.23. The highest BCUT2D eigenvalue weighted by atomic mass is 16.7. The minimum Gasteiger partial charge on any atom is -0.490 e. The van der Waals surface area contributed by atoms with Crippen LogP contribution in [0.4, 0.5) is 15.3 Å². The first-order chi connectivity index (χ1) is 16.8. The van der Waals surface area contributed by atoms with Gasteiger partial charge in [0.05, 0.1) is 13.2 Å². The SMILES string of the molecule is CC1(c2ccc3c(c2)OCCCO3)NC(=O)N(CC(=O)NC(=O)Nc2ccc3c(c2)OCO3)C1=O. The van der Waals surface area contributed by atoms with Gasteiger partial charge in [-0.25, -0.2) is 9.59 Å². The van der Waals surface area contributed by atoms with E-state index in [9.17, 15) is 19.2 Å². The summed E-state index contributed by atoms with van der Waals surface area (Å²) >= 11 is 0. The van der Waals surface area contributed by atoms with Gasteiger partial charge in [-0.2, -0.15) is 0 Å². The van der Waals surface area contributed by atoms with Crippen molar-refractivity contribution in [2.24, 2.45) is 0 Å². The van der Waals surface area contributed by atoms with Crippen molar-refractivity contribution in [3.8, 4) is 23.0 Å². The molecule has 0 bridgehead atoms. The fourth-order valence-corrected chi connectivity index (χ4v) is 3.96. The summed E-state index contributed by atoms with van der Waals surface area (Å²) in [6.07, 6.45) is 0.724. The molecule has 3 aliphatic heterocycles. The summed E-state index contributed by atoms with van der Waals surface area (Å²) in [5, 5.41) is 7.22. The molecule has 0 spiro atoms. The minimum absolute atomic E-state index is 0.0839. The number of imide groups is 2. The van der Waals surface area contributed by atoms with E-state index in [0.29, 0.717) is 47.5 Å². The van der Waals surface area contributed by atoms with Gasteiger partial charge in [0.2, 0.25) is 12.7 Å². The molecule has 1 unspecified atom stereocenters. The molecule has 0 saturated carbocycles. The predicted octanol–water partition coefficient (Wildman–Crippen LogP) is 1.69. The highest BCUT2D eigenvalue weighted by Gasteiger charge is 2.49. The van der Waals surface area contributed by atoms with Crippen molar-refractivity contribution in [2.45, 2.75) is 18.9 Å². The molecule has 0 aliphatic carbocycles. The third-order valence-electron chi connectivity index (χ3n) is 5.78. The van der Waals surface area contributed by atoms with E-state index in [0.717, 1.165) is 11.3 Å². The summed E-state index contributed by atoms with van der Waals surface area (Å²) in [6, 6.07) is 8.14. The third kappa shape index (κ3) is 4.25.